The minimum atomic E-state index is 0. The van der Waals surface area contributed by atoms with Gasteiger partial charge < -0.3 is 6.92 Å². The molecular formula is C5H11Li. The molecule has 0 aliphatic heterocycles. The maximum atomic E-state index is 3.77. The van der Waals surface area contributed by atoms with E-state index in [1.165, 1.54) is 0 Å². The van der Waals surface area contributed by atoms with Gasteiger partial charge in [-0.3, -0.25) is 0 Å². The van der Waals surface area contributed by atoms with Gasteiger partial charge in [0.05, 0.1) is 0 Å². The maximum Gasteiger partial charge on any atom is 1.00 e. The quantitative estimate of drug-likeness (QED) is 0.254. The third-order valence-corrected chi connectivity index (χ3v) is 0. The largest absolute Gasteiger partial charge is 1.00 e. The van der Waals surface area contributed by atoms with Crippen molar-refractivity contribution in [3.8, 4) is 0 Å². The first-order chi connectivity index (χ1) is 2.00. The zero-order valence-corrected chi connectivity index (χ0v) is 5.21. The Morgan fingerprint density at radius 2 is 1.17 bits per heavy atom. The van der Waals surface area contributed by atoms with Crippen molar-refractivity contribution >= 4 is 0 Å². The van der Waals surface area contributed by atoms with Crippen LogP contribution in [0.25, 0.3) is 0 Å². The minimum absolute atomic E-state index is 0. The zero-order chi connectivity index (χ0) is 4.50. The van der Waals surface area contributed by atoms with Crippen LogP contribution in [0, 0.1) is 12.3 Å². The first kappa shape index (κ1) is 9.78. The fraction of sp³-hybridized carbons (Fsp3) is 0.800. The molecule has 0 bridgehead atoms. The van der Waals surface area contributed by atoms with Gasteiger partial charge in [0.2, 0.25) is 0 Å². The summed E-state index contributed by atoms with van der Waals surface area (Å²) in [5, 5.41) is 0. The first-order valence-corrected chi connectivity index (χ1v) is 1.85. The predicted octanol–water partition coefficient (Wildman–Crippen LogP) is -1.13. The molecule has 0 saturated carbocycles. The van der Waals surface area contributed by atoms with Crippen LogP contribution in [0.1, 0.15) is 20.8 Å². The molecule has 0 rings (SSSR count). The van der Waals surface area contributed by atoms with Crippen molar-refractivity contribution in [2.75, 3.05) is 0 Å². The molecule has 0 spiro atoms. The van der Waals surface area contributed by atoms with Crippen LogP contribution in [0.5, 0.6) is 0 Å². The molecule has 0 aromatic carbocycles. The Balaban J connectivity index is 0. The van der Waals surface area contributed by atoms with Gasteiger partial charge in [0.25, 0.3) is 0 Å². The predicted molar refractivity (Wildman–Crippen MR) is 24.8 cm³/mol. The average Bonchev–Trinajstić information content (AvgIpc) is 0.722. The fourth-order valence-corrected chi connectivity index (χ4v) is 0. The van der Waals surface area contributed by atoms with E-state index in [1.54, 1.807) is 0 Å². The van der Waals surface area contributed by atoms with Gasteiger partial charge in [0, 0.05) is 0 Å². The molecule has 0 aromatic rings. The Labute approximate surface area is 52.5 Å². The molecule has 0 atom stereocenters. The summed E-state index contributed by atoms with van der Waals surface area (Å²) in [6.45, 7) is 10.0. The Morgan fingerprint density at radius 3 is 1.17 bits per heavy atom. The summed E-state index contributed by atoms with van der Waals surface area (Å²) >= 11 is 0. The topological polar surface area (TPSA) is 0 Å². The van der Waals surface area contributed by atoms with Crippen molar-refractivity contribution in [3.63, 3.8) is 0 Å². The van der Waals surface area contributed by atoms with Crippen LogP contribution in [0.15, 0.2) is 0 Å². The van der Waals surface area contributed by atoms with Crippen molar-refractivity contribution in [3.05, 3.63) is 6.92 Å². The van der Waals surface area contributed by atoms with Crippen molar-refractivity contribution in [2.24, 2.45) is 5.41 Å². The molecule has 0 aliphatic rings. The van der Waals surface area contributed by atoms with Crippen molar-refractivity contribution in [2.45, 2.75) is 20.8 Å². The van der Waals surface area contributed by atoms with Crippen LogP contribution >= 0.6 is 0 Å². The van der Waals surface area contributed by atoms with Gasteiger partial charge in [-0.1, -0.05) is 20.8 Å². The van der Waals surface area contributed by atoms with E-state index in [-0.39, 0.29) is 24.3 Å². The van der Waals surface area contributed by atoms with Gasteiger partial charge in [0.15, 0.2) is 0 Å². The van der Waals surface area contributed by atoms with Gasteiger partial charge in [-0.25, -0.2) is 0 Å². The van der Waals surface area contributed by atoms with E-state index in [2.05, 4.69) is 27.7 Å². The standard InChI is InChI=1S/C5H11.Li/c1-5(2,3)4;/h1H2,2-4H3;/q-1;+1. The van der Waals surface area contributed by atoms with Gasteiger partial charge in [-0.15, -0.1) is 0 Å². The van der Waals surface area contributed by atoms with E-state index in [4.69, 9.17) is 0 Å². The van der Waals surface area contributed by atoms with Crippen molar-refractivity contribution < 1.29 is 18.9 Å². The molecule has 0 N–H and O–H groups in total. The SMILES string of the molecule is [CH2-]C(C)(C)C.[Li+]. The smallest absolute Gasteiger partial charge is 0.338 e. The van der Waals surface area contributed by atoms with E-state index in [0.29, 0.717) is 0 Å². The molecule has 0 fully saturated rings. The summed E-state index contributed by atoms with van der Waals surface area (Å²) in [6.07, 6.45) is 0. The average molecular weight is 78.1 g/mol. The van der Waals surface area contributed by atoms with Crippen LogP contribution in [0.3, 0.4) is 0 Å². The Hall–Kier alpha value is 0.597. The molecule has 0 radical (unpaired) electrons. The molecule has 0 unspecified atom stereocenters. The fourth-order valence-electron chi connectivity index (χ4n) is 0. The molecule has 0 nitrogen and oxygen atoms in total. The third kappa shape index (κ3) is 167. The van der Waals surface area contributed by atoms with Crippen molar-refractivity contribution in [1.29, 1.82) is 0 Å². The first-order valence-electron chi connectivity index (χ1n) is 1.85. The molecule has 0 aromatic heterocycles. The number of hydrogen-bond acceptors (Lipinski definition) is 0. The van der Waals surface area contributed by atoms with Crippen molar-refractivity contribution in [1.82, 2.24) is 0 Å². The summed E-state index contributed by atoms with van der Waals surface area (Å²) in [5.74, 6) is 0. The Morgan fingerprint density at radius 1 is 1.17 bits per heavy atom. The number of rotatable bonds is 0. The Kier molecular flexibility index (Phi) is 4.43. The molecule has 32 valence electrons. The van der Waals surface area contributed by atoms with Crippen LogP contribution in [-0.2, 0) is 0 Å². The van der Waals surface area contributed by atoms with Gasteiger partial charge in [-0.05, 0) is 0 Å². The summed E-state index contributed by atoms with van der Waals surface area (Å²) in [7, 11) is 0. The minimum Gasteiger partial charge on any atom is -0.338 e. The number of hydrogen-bond donors (Lipinski definition) is 0. The second-order valence-corrected chi connectivity index (χ2v) is 2.56. The summed E-state index contributed by atoms with van der Waals surface area (Å²) in [4.78, 5) is 0. The van der Waals surface area contributed by atoms with Crippen LogP contribution in [0.4, 0.5) is 0 Å². The molecule has 0 heterocycles. The second-order valence-electron chi connectivity index (χ2n) is 2.56. The summed E-state index contributed by atoms with van der Waals surface area (Å²) in [5.41, 5.74) is 0.250. The van der Waals surface area contributed by atoms with E-state index < -0.39 is 0 Å². The normalized spacial score (nSPS) is 10.0. The van der Waals surface area contributed by atoms with E-state index >= 15 is 0 Å². The van der Waals surface area contributed by atoms with Gasteiger partial charge >= 0.3 is 18.9 Å². The molecule has 0 amide bonds. The summed E-state index contributed by atoms with van der Waals surface area (Å²) < 4.78 is 0. The molecule has 0 aliphatic carbocycles. The van der Waals surface area contributed by atoms with E-state index in [1.807, 2.05) is 0 Å². The molecule has 6 heavy (non-hydrogen) atoms. The zero-order valence-electron chi connectivity index (χ0n) is 5.21. The Bertz CT molecular complexity index is 19.4. The third-order valence-electron chi connectivity index (χ3n) is 0. The van der Waals surface area contributed by atoms with Crippen LogP contribution in [0.2, 0.25) is 0 Å². The van der Waals surface area contributed by atoms with Gasteiger partial charge in [-0.2, -0.15) is 5.41 Å². The molecule has 0 saturated heterocycles. The molecular weight excluding hydrogens is 67.0 g/mol. The monoisotopic (exact) mass is 78.1 g/mol. The molecule has 1 heteroatoms. The van der Waals surface area contributed by atoms with Crippen LogP contribution < -0.4 is 18.9 Å². The summed E-state index contributed by atoms with van der Waals surface area (Å²) in [6, 6.07) is 0. The van der Waals surface area contributed by atoms with E-state index in [9.17, 15) is 0 Å². The van der Waals surface area contributed by atoms with E-state index in [0.717, 1.165) is 0 Å². The maximum absolute atomic E-state index is 3.77. The van der Waals surface area contributed by atoms with Crippen LogP contribution in [-0.4, -0.2) is 0 Å². The van der Waals surface area contributed by atoms with Gasteiger partial charge in [0.1, 0.15) is 0 Å². The second kappa shape index (κ2) is 2.72.